The molecule has 0 aromatic carbocycles. The van der Waals surface area contributed by atoms with E-state index < -0.39 is 11.9 Å². The number of amides is 1. The summed E-state index contributed by atoms with van der Waals surface area (Å²) in [6, 6.07) is 1.78. The van der Waals surface area contributed by atoms with Crippen LogP contribution in [-0.4, -0.2) is 51.8 Å². The highest BCUT2D eigenvalue weighted by molar-refractivity contribution is 7.13. The Kier molecular flexibility index (Phi) is 4.96. The summed E-state index contributed by atoms with van der Waals surface area (Å²) in [6.45, 7) is 3.01. The van der Waals surface area contributed by atoms with Crippen molar-refractivity contribution in [2.24, 2.45) is 7.05 Å². The normalized spacial score (nSPS) is 16.2. The van der Waals surface area contributed by atoms with Gasteiger partial charge in [-0.1, -0.05) is 0 Å². The first kappa shape index (κ1) is 18.7. The summed E-state index contributed by atoms with van der Waals surface area (Å²) in [4.78, 5) is 19.8. The van der Waals surface area contributed by atoms with Crippen molar-refractivity contribution < 1.29 is 18.0 Å². The van der Waals surface area contributed by atoms with Crippen LogP contribution >= 0.6 is 11.3 Å². The Morgan fingerprint density at radius 1 is 1.35 bits per heavy atom. The van der Waals surface area contributed by atoms with E-state index in [2.05, 4.69) is 10.1 Å². The van der Waals surface area contributed by atoms with E-state index in [0.717, 1.165) is 22.4 Å². The molecule has 0 aliphatic carbocycles. The lowest BCUT2D eigenvalue weighted by Gasteiger charge is -2.36. The first-order valence-electron chi connectivity index (χ1n) is 8.22. The zero-order valence-corrected chi connectivity index (χ0v) is 15.6. The lowest BCUT2D eigenvalue weighted by Crippen LogP contribution is -2.45. The number of aromatic nitrogens is 3. The predicted octanol–water partition coefficient (Wildman–Crippen LogP) is 2.94. The van der Waals surface area contributed by atoms with E-state index in [1.807, 2.05) is 11.8 Å². The van der Waals surface area contributed by atoms with Crippen LogP contribution in [0.1, 0.15) is 34.7 Å². The molecule has 0 spiro atoms. The van der Waals surface area contributed by atoms with Gasteiger partial charge in [-0.15, -0.1) is 11.3 Å². The van der Waals surface area contributed by atoms with E-state index in [9.17, 15) is 18.0 Å². The number of anilines is 1. The average Bonchev–Trinajstić information content (AvgIpc) is 3.21. The summed E-state index contributed by atoms with van der Waals surface area (Å²) >= 11 is 1.00. The van der Waals surface area contributed by atoms with Crippen LogP contribution < -0.4 is 4.90 Å². The van der Waals surface area contributed by atoms with Crippen molar-refractivity contribution in [3.63, 3.8) is 0 Å². The number of halogens is 3. The molecule has 26 heavy (non-hydrogen) atoms. The molecule has 3 heterocycles. The Labute approximate surface area is 153 Å². The van der Waals surface area contributed by atoms with Crippen molar-refractivity contribution in [2.45, 2.75) is 32.0 Å². The van der Waals surface area contributed by atoms with Crippen LogP contribution in [0.25, 0.3) is 0 Å². The lowest BCUT2D eigenvalue weighted by molar-refractivity contribution is -0.140. The van der Waals surface area contributed by atoms with Gasteiger partial charge in [0.25, 0.3) is 5.91 Å². The second-order valence-corrected chi connectivity index (χ2v) is 7.28. The van der Waals surface area contributed by atoms with Crippen LogP contribution in [-0.2, 0) is 13.2 Å². The molecule has 2 aromatic heterocycles. The Bertz CT molecular complexity index is 773. The van der Waals surface area contributed by atoms with E-state index in [1.165, 1.54) is 0 Å². The quantitative estimate of drug-likeness (QED) is 0.813. The average molecular weight is 387 g/mol. The van der Waals surface area contributed by atoms with E-state index in [4.69, 9.17) is 0 Å². The molecule has 2 aromatic rings. The number of thiazole rings is 1. The molecule has 0 unspecified atom stereocenters. The van der Waals surface area contributed by atoms with Gasteiger partial charge in [0, 0.05) is 44.3 Å². The van der Waals surface area contributed by atoms with Gasteiger partial charge in [-0.25, -0.2) is 4.98 Å². The number of carbonyl (C=O) groups is 1. The third kappa shape index (κ3) is 3.69. The molecule has 3 rings (SSSR count). The molecule has 0 bridgehead atoms. The van der Waals surface area contributed by atoms with Gasteiger partial charge in [0.05, 0.1) is 0 Å². The van der Waals surface area contributed by atoms with Crippen LogP contribution in [0.5, 0.6) is 0 Å². The molecule has 1 fully saturated rings. The van der Waals surface area contributed by atoms with Crippen LogP contribution in [0, 0.1) is 6.92 Å². The van der Waals surface area contributed by atoms with Crippen molar-refractivity contribution in [3.05, 3.63) is 28.5 Å². The molecule has 1 aliphatic heterocycles. The first-order chi connectivity index (χ1) is 12.2. The number of alkyl halides is 3. The topological polar surface area (TPSA) is 54.3 Å². The molecule has 0 atom stereocenters. The maximum atomic E-state index is 12.7. The molecular weight excluding hydrogens is 367 g/mol. The standard InChI is InChI=1S/C16H20F3N5OS/c1-10-8-12(21-23(10)3)14(25)22(2)11-4-6-24(7-5-11)15-20-13(9-26-15)16(17,18)19/h8-9,11H,4-7H2,1-3H3. The molecule has 10 heteroatoms. The minimum Gasteiger partial charge on any atom is -0.348 e. The minimum absolute atomic E-state index is 0.0307. The van der Waals surface area contributed by atoms with E-state index in [-0.39, 0.29) is 11.9 Å². The predicted molar refractivity (Wildman–Crippen MR) is 92.4 cm³/mol. The summed E-state index contributed by atoms with van der Waals surface area (Å²) in [5.74, 6) is -0.138. The SMILES string of the molecule is Cc1cc(C(=O)N(C)C2CCN(c3nc(C(F)(F)F)cs3)CC2)nn1C. The van der Waals surface area contributed by atoms with Crippen LogP contribution in [0.3, 0.4) is 0 Å². The van der Waals surface area contributed by atoms with Gasteiger partial charge >= 0.3 is 6.18 Å². The van der Waals surface area contributed by atoms with Crippen molar-refractivity contribution >= 4 is 22.4 Å². The van der Waals surface area contributed by atoms with Gasteiger partial charge in [0.1, 0.15) is 0 Å². The number of rotatable bonds is 3. The minimum atomic E-state index is -4.42. The second kappa shape index (κ2) is 6.90. The molecule has 0 radical (unpaired) electrons. The van der Waals surface area contributed by atoms with Gasteiger partial charge in [-0.2, -0.15) is 18.3 Å². The first-order valence-corrected chi connectivity index (χ1v) is 9.10. The fourth-order valence-electron chi connectivity index (χ4n) is 3.00. The number of nitrogens with zero attached hydrogens (tertiary/aromatic N) is 5. The summed E-state index contributed by atoms with van der Waals surface area (Å²) in [7, 11) is 3.53. The monoisotopic (exact) mass is 387 g/mol. The zero-order valence-electron chi connectivity index (χ0n) is 14.7. The maximum absolute atomic E-state index is 12.7. The van der Waals surface area contributed by atoms with Crippen LogP contribution in [0.4, 0.5) is 18.3 Å². The fraction of sp³-hybridized carbons (Fsp3) is 0.562. The molecular formula is C16H20F3N5OS. The molecule has 0 saturated carbocycles. The van der Waals surface area contributed by atoms with E-state index >= 15 is 0 Å². The fourth-order valence-corrected chi connectivity index (χ4v) is 3.88. The highest BCUT2D eigenvalue weighted by Gasteiger charge is 2.35. The Balaban J connectivity index is 1.61. The smallest absolute Gasteiger partial charge is 0.348 e. The number of aryl methyl sites for hydroxylation is 2. The summed E-state index contributed by atoms with van der Waals surface area (Å²) < 4.78 is 39.7. The van der Waals surface area contributed by atoms with Crippen LogP contribution in [0.15, 0.2) is 11.4 Å². The highest BCUT2D eigenvalue weighted by atomic mass is 32.1. The molecule has 0 N–H and O–H groups in total. The van der Waals surface area contributed by atoms with Crippen molar-refractivity contribution in [3.8, 4) is 0 Å². The van der Waals surface area contributed by atoms with Gasteiger partial charge in [-0.05, 0) is 25.8 Å². The molecule has 1 aliphatic rings. The Morgan fingerprint density at radius 2 is 2.00 bits per heavy atom. The van der Waals surface area contributed by atoms with Gasteiger partial charge < -0.3 is 9.80 Å². The third-order valence-electron chi connectivity index (χ3n) is 4.72. The Morgan fingerprint density at radius 3 is 2.50 bits per heavy atom. The summed E-state index contributed by atoms with van der Waals surface area (Å²) in [5.41, 5.74) is 0.461. The highest BCUT2D eigenvalue weighted by Crippen LogP contribution is 2.34. The number of carbonyl (C=O) groups excluding carboxylic acids is 1. The molecule has 6 nitrogen and oxygen atoms in total. The van der Waals surface area contributed by atoms with Gasteiger partial charge in [0.15, 0.2) is 16.5 Å². The number of hydrogen-bond donors (Lipinski definition) is 0. The van der Waals surface area contributed by atoms with E-state index in [0.29, 0.717) is 36.8 Å². The Hall–Kier alpha value is -2.10. The number of piperidine rings is 1. The van der Waals surface area contributed by atoms with Gasteiger partial charge in [0.2, 0.25) is 0 Å². The lowest BCUT2D eigenvalue weighted by atomic mass is 10.0. The molecule has 1 amide bonds. The van der Waals surface area contributed by atoms with Crippen LogP contribution in [0.2, 0.25) is 0 Å². The molecule has 142 valence electrons. The third-order valence-corrected chi connectivity index (χ3v) is 5.62. The van der Waals surface area contributed by atoms with Crippen molar-refractivity contribution in [1.82, 2.24) is 19.7 Å². The maximum Gasteiger partial charge on any atom is 0.434 e. The van der Waals surface area contributed by atoms with E-state index in [1.54, 1.807) is 29.7 Å². The summed E-state index contributed by atoms with van der Waals surface area (Å²) in [6.07, 6.45) is -3.06. The van der Waals surface area contributed by atoms with Crippen molar-refractivity contribution in [2.75, 3.05) is 25.0 Å². The van der Waals surface area contributed by atoms with Gasteiger partial charge in [-0.3, -0.25) is 9.48 Å². The summed E-state index contributed by atoms with van der Waals surface area (Å²) in [5, 5.41) is 5.64. The molecule has 1 saturated heterocycles. The van der Waals surface area contributed by atoms with Crippen molar-refractivity contribution in [1.29, 1.82) is 0 Å². The zero-order chi connectivity index (χ0) is 19.1. The number of hydrogen-bond acceptors (Lipinski definition) is 5. The largest absolute Gasteiger partial charge is 0.434 e. The second-order valence-electron chi connectivity index (χ2n) is 6.44.